The summed E-state index contributed by atoms with van der Waals surface area (Å²) in [7, 11) is 0. The lowest BCUT2D eigenvalue weighted by Crippen LogP contribution is -2.34. The zero-order valence-electron chi connectivity index (χ0n) is 8.10. The fraction of sp³-hybridized carbons (Fsp3) is 0.900. The molecule has 0 aromatic heterocycles. The SMILES string of the molecule is CCNC1CCC(C(C)=O)CC1. The number of carbonyl (C=O) groups excluding carboxylic acids is 1. The van der Waals surface area contributed by atoms with Gasteiger partial charge in [-0.1, -0.05) is 6.92 Å². The van der Waals surface area contributed by atoms with Crippen molar-refractivity contribution in [1.29, 1.82) is 0 Å². The summed E-state index contributed by atoms with van der Waals surface area (Å²) in [5.41, 5.74) is 0. The number of Topliss-reactive ketones (excluding diaryl/α,β-unsaturated/α-hetero) is 1. The van der Waals surface area contributed by atoms with Crippen LogP contribution in [0.1, 0.15) is 39.5 Å². The summed E-state index contributed by atoms with van der Waals surface area (Å²) in [4.78, 5) is 11.0. The molecule has 0 unspecified atom stereocenters. The van der Waals surface area contributed by atoms with E-state index in [4.69, 9.17) is 0 Å². The smallest absolute Gasteiger partial charge is 0.132 e. The first-order valence-corrected chi connectivity index (χ1v) is 4.98. The second-order valence-corrected chi connectivity index (χ2v) is 3.72. The Balaban J connectivity index is 2.25. The molecule has 0 saturated heterocycles. The molecule has 1 saturated carbocycles. The first-order chi connectivity index (χ1) is 5.74. The molecular formula is C10H19NO. The second kappa shape index (κ2) is 4.61. The monoisotopic (exact) mass is 169 g/mol. The fourth-order valence-electron chi connectivity index (χ4n) is 1.99. The third kappa shape index (κ3) is 2.59. The highest BCUT2D eigenvalue weighted by Crippen LogP contribution is 2.24. The number of ketones is 1. The maximum atomic E-state index is 11.0. The standard InChI is InChI=1S/C10H19NO/c1-3-11-10-6-4-9(5-7-10)8(2)12/h9-11H,3-7H2,1-2H3. The van der Waals surface area contributed by atoms with Crippen LogP contribution in [0, 0.1) is 5.92 Å². The summed E-state index contributed by atoms with van der Waals surface area (Å²) in [6.45, 7) is 4.91. The number of hydrogen-bond acceptors (Lipinski definition) is 2. The second-order valence-electron chi connectivity index (χ2n) is 3.72. The van der Waals surface area contributed by atoms with Crippen molar-refractivity contribution in [2.45, 2.75) is 45.6 Å². The summed E-state index contributed by atoms with van der Waals surface area (Å²) in [6, 6.07) is 0.672. The zero-order valence-corrected chi connectivity index (χ0v) is 8.10. The van der Waals surface area contributed by atoms with Crippen LogP contribution in [0.3, 0.4) is 0 Å². The Labute approximate surface area is 74.7 Å². The molecule has 0 amide bonds. The third-order valence-electron chi connectivity index (χ3n) is 2.79. The van der Waals surface area contributed by atoms with Gasteiger partial charge in [0.15, 0.2) is 0 Å². The Hall–Kier alpha value is -0.370. The summed E-state index contributed by atoms with van der Waals surface area (Å²) in [6.07, 6.45) is 4.54. The first-order valence-electron chi connectivity index (χ1n) is 4.98. The summed E-state index contributed by atoms with van der Waals surface area (Å²) in [5, 5.41) is 3.43. The van der Waals surface area contributed by atoms with E-state index in [1.807, 2.05) is 0 Å². The van der Waals surface area contributed by atoms with E-state index in [1.54, 1.807) is 6.92 Å². The minimum atomic E-state index is 0.361. The molecule has 0 atom stereocenters. The molecule has 1 rings (SSSR count). The maximum Gasteiger partial charge on any atom is 0.132 e. The summed E-state index contributed by atoms with van der Waals surface area (Å²) < 4.78 is 0. The van der Waals surface area contributed by atoms with Gasteiger partial charge in [-0.05, 0) is 39.2 Å². The van der Waals surface area contributed by atoms with E-state index in [0.717, 1.165) is 19.4 Å². The van der Waals surface area contributed by atoms with Crippen LogP contribution in [0.5, 0.6) is 0 Å². The van der Waals surface area contributed by atoms with Crippen LogP contribution in [0.4, 0.5) is 0 Å². The fourth-order valence-corrected chi connectivity index (χ4v) is 1.99. The normalized spacial score (nSPS) is 30.2. The highest BCUT2D eigenvalue weighted by atomic mass is 16.1. The van der Waals surface area contributed by atoms with Crippen LogP contribution >= 0.6 is 0 Å². The van der Waals surface area contributed by atoms with Crippen molar-refractivity contribution in [3.05, 3.63) is 0 Å². The Kier molecular flexibility index (Phi) is 3.73. The maximum absolute atomic E-state index is 11.0. The molecule has 0 aromatic rings. The van der Waals surface area contributed by atoms with Crippen LogP contribution in [-0.4, -0.2) is 18.4 Å². The average Bonchev–Trinajstić information content (AvgIpc) is 2.06. The van der Waals surface area contributed by atoms with Crippen molar-refractivity contribution in [3.8, 4) is 0 Å². The van der Waals surface area contributed by atoms with Crippen molar-refractivity contribution >= 4 is 5.78 Å². The number of hydrogen-bond donors (Lipinski definition) is 1. The predicted molar refractivity (Wildman–Crippen MR) is 50.1 cm³/mol. The van der Waals surface area contributed by atoms with Crippen molar-refractivity contribution in [1.82, 2.24) is 5.32 Å². The van der Waals surface area contributed by atoms with Crippen molar-refractivity contribution in [3.63, 3.8) is 0 Å². The Morgan fingerprint density at radius 1 is 1.33 bits per heavy atom. The Morgan fingerprint density at radius 2 is 1.92 bits per heavy atom. The van der Waals surface area contributed by atoms with Gasteiger partial charge in [-0.3, -0.25) is 4.79 Å². The molecule has 70 valence electrons. The molecular weight excluding hydrogens is 150 g/mol. The third-order valence-corrected chi connectivity index (χ3v) is 2.79. The summed E-state index contributed by atoms with van der Waals surface area (Å²) >= 11 is 0. The number of rotatable bonds is 3. The van der Waals surface area contributed by atoms with E-state index in [2.05, 4.69) is 12.2 Å². The molecule has 1 aliphatic rings. The van der Waals surface area contributed by atoms with E-state index in [0.29, 0.717) is 17.7 Å². The molecule has 2 nitrogen and oxygen atoms in total. The molecule has 0 bridgehead atoms. The lowest BCUT2D eigenvalue weighted by Gasteiger charge is -2.27. The summed E-state index contributed by atoms with van der Waals surface area (Å²) in [5.74, 6) is 0.741. The Bertz CT molecular complexity index is 148. The van der Waals surface area contributed by atoms with Gasteiger partial charge < -0.3 is 5.32 Å². The van der Waals surface area contributed by atoms with Crippen LogP contribution < -0.4 is 5.32 Å². The molecule has 0 aromatic carbocycles. The topological polar surface area (TPSA) is 29.1 Å². The average molecular weight is 169 g/mol. The van der Waals surface area contributed by atoms with E-state index in [9.17, 15) is 4.79 Å². The first kappa shape index (κ1) is 9.72. The molecule has 12 heavy (non-hydrogen) atoms. The van der Waals surface area contributed by atoms with Gasteiger partial charge in [0.2, 0.25) is 0 Å². The van der Waals surface area contributed by atoms with Gasteiger partial charge in [0.05, 0.1) is 0 Å². The molecule has 1 fully saturated rings. The minimum absolute atomic E-state index is 0.361. The zero-order chi connectivity index (χ0) is 8.97. The van der Waals surface area contributed by atoms with Crippen molar-refractivity contribution in [2.24, 2.45) is 5.92 Å². The predicted octanol–water partition coefficient (Wildman–Crippen LogP) is 1.74. The quantitative estimate of drug-likeness (QED) is 0.697. The molecule has 0 aliphatic heterocycles. The van der Waals surface area contributed by atoms with E-state index in [1.165, 1.54) is 12.8 Å². The van der Waals surface area contributed by atoms with Gasteiger partial charge in [0.25, 0.3) is 0 Å². The highest BCUT2D eigenvalue weighted by molar-refractivity contribution is 5.78. The van der Waals surface area contributed by atoms with Crippen LogP contribution in [-0.2, 0) is 4.79 Å². The molecule has 2 heteroatoms. The molecule has 0 heterocycles. The lowest BCUT2D eigenvalue weighted by atomic mass is 9.84. The Morgan fingerprint density at radius 3 is 2.33 bits per heavy atom. The molecule has 0 spiro atoms. The molecule has 0 radical (unpaired) electrons. The largest absolute Gasteiger partial charge is 0.314 e. The molecule has 1 N–H and O–H groups in total. The van der Waals surface area contributed by atoms with Gasteiger partial charge in [0, 0.05) is 12.0 Å². The van der Waals surface area contributed by atoms with Gasteiger partial charge in [0.1, 0.15) is 5.78 Å². The van der Waals surface area contributed by atoms with Crippen molar-refractivity contribution < 1.29 is 4.79 Å². The van der Waals surface area contributed by atoms with E-state index >= 15 is 0 Å². The van der Waals surface area contributed by atoms with Gasteiger partial charge >= 0.3 is 0 Å². The van der Waals surface area contributed by atoms with Gasteiger partial charge in [-0.15, -0.1) is 0 Å². The van der Waals surface area contributed by atoms with Gasteiger partial charge in [-0.2, -0.15) is 0 Å². The lowest BCUT2D eigenvalue weighted by molar-refractivity contribution is -0.121. The van der Waals surface area contributed by atoms with E-state index < -0.39 is 0 Å². The number of nitrogens with one attached hydrogen (secondary N) is 1. The minimum Gasteiger partial charge on any atom is -0.314 e. The van der Waals surface area contributed by atoms with Crippen LogP contribution in [0.25, 0.3) is 0 Å². The van der Waals surface area contributed by atoms with E-state index in [-0.39, 0.29) is 0 Å². The number of carbonyl (C=O) groups is 1. The van der Waals surface area contributed by atoms with Crippen LogP contribution in [0.15, 0.2) is 0 Å². The van der Waals surface area contributed by atoms with Crippen molar-refractivity contribution in [2.75, 3.05) is 6.54 Å². The van der Waals surface area contributed by atoms with Crippen LogP contribution in [0.2, 0.25) is 0 Å². The molecule has 1 aliphatic carbocycles. The highest BCUT2D eigenvalue weighted by Gasteiger charge is 2.22. The van der Waals surface area contributed by atoms with Gasteiger partial charge in [-0.25, -0.2) is 0 Å².